The molecule has 0 aliphatic heterocycles. The molecule has 0 aromatic heterocycles. The molecule has 0 heterocycles. The third kappa shape index (κ3) is 4.55. The molecule has 0 aliphatic rings. The Hall–Kier alpha value is -0.650. The highest BCUT2D eigenvalue weighted by atomic mass is 16.5. The minimum atomic E-state index is -0.789. The fourth-order valence-corrected chi connectivity index (χ4v) is 1.02. The predicted octanol–water partition coefficient (Wildman–Crippen LogP) is -0.497. The number of hydrogen-bond donors (Lipinski definition) is 2. The number of hydrogen-bond acceptors (Lipinski definition) is 4. The van der Waals surface area contributed by atoms with Gasteiger partial charge >= 0.3 is 0 Å². The number of likely N-dealkylation sites (N-methyl/N-ethyl adjacent to an activating group) is 1. The second-order valence-electron chi connectivity index (χ2n) is 3.27. The van der Waals surface area contributed by atoms with Gasteiger partial charge in [-0.15, -0.1) is 0 Å². The largest absolute Gasteiger partial charge is 0.382 e. The topological polar surface area (TPSA) is 73.6 Å². The average molecular weight is 204 g/mol. The molecule has 0 fully saturated rings. The second-order valence-corrected chi connectivity index (χ2v) is 3.27. The Labute approximate surface area is 84.9 Å². The SMILES string of the molecule is CCNC(C)(COCCOC)C(N)=O. The lowest BCUT2D eigenvalue weighted by molar-refractivity contribution is -0.126. The van der Waals surface area contributed by atoms with Crippen molar-refractivity contribution in [1.29, 1.82) is 0 Å². The number of nitrogens with two attached hydrogens (primary N) is 1. The summed E-state index contributed by atoms with van der Waals surface area (Å²) in [5.74, 6) is -0.406. The summed E-state index contributed by atoms with van der Waals surface area (Å²) in [6.45, 7) is 5.56. The van der Waals surface area contributed by atoms with Crippen LogP contribution in [0.25, 0.3) is 0 Å². The Balaban J connectivity index is 3.90. The molecule has 1 amide bonds. The van der Waals surface area contributed by atoms with E-state index in [9.17, 15) is 4.79 Å². The van der Waals surface area contributed by atoms with Crippen molar-refractivity contribution in [2.24, 2.45) is 5.73 Å². The van der Waals surface area contributed by atoms with Gasteiger partial charge < -0.3 is 20.5 Å². The minimum absolute atomic E-state index is 0.263. The number of amides is 1. The molecule has 5 nitrogen and oxygen atoms in total. The molecule has 0 rings (SSSR count). The molecule has 0 radical (unpaired) electrons. The number of carbonyl (C=O) groups excluding carboxylic acids is 1. The number of methoxy groups -OCH3 is 1. The maximum atomic E-state index is 11.1. The highest BCUT2D eigenvalue weighted by molar-refractivity contribution is 5.84. The lowest BCUT2D eigenvalue weighted by Gasteiger charge is -2.26. The molecule has 0 aromatic rings. The maximum Gasteiger partial charge on any atom is 0.239 e. The van der Waals surface area contributed by atoms with Crippen molar-refractivity contribution < 1.29 is 14.3 Å². The zero-order valence-corrected chi connectivity index (χ0v) is 9.13. The first-order valence-electron chi connectivity index (χ1n) is 4.68. The zero-order chi connectivity index (χ0) is 11.0. The van der Waals surface area contributed by atoms with E-state index in [-0.39, 0.29) is 6.61 Å². The molecule has 1 unspecified atom stereocenters. The van der Waals surface area contributed by atoms with Crippen molar-refractivity contribution in [3.63, 3.8) is 0 Å². The van der Waals surface area contributed by atoms with Crippen LogP contribution in [0.2, 0.25) is 0 Å². The van der Waals surface area contributed by atoms with Crippen LogP contribution in [-0.4, -0.2) is 44.9 Å². The van der Waals surface area contributed by atoms with Crippen LogP contribution >= 0.6 is 0 Å². The van der Waals surface area contributed by atoms with E-state index in [1.54, 1.807) is 14.0 Å². The summed E-state index contributed by atoms with van der Waals surface area (Å²) in [4.78, 5) is 11.1. The second kappa shape index (κ2) is 6.75. The van der Waals surface area contributed by atoms with Crippen LogP contribution in [0.4, 0.5) is 0 Å². The Morgan fingerprint density at radius 2 is 2.14 bits per heavy atom. The maximum absolute atomic E-state index is 11.1. The van der Waals surface area contributed by atoms with E-state index in [4.69, 9.17) is 15.2 Å². The van der Waals surface area contributed by atoms with E-state index in [0.29, 0.717) is 19.8 Å². The summed E-state index contributed by atoms with van der Waals surface area (Å²) in [6, 6.07) is 0. The summed E-state index contributed by atoms with van der Waals surface area (Å²) >= 11 is 0. The fraction of sp³-hybridized carbons (Fsp3) is 0.889. The highest BCUT2D eigenvalue weighted by Gasteiger charge is 2.29. The van der Waals surface area contributed by atoms with E-state index in [2.05, 4.69) is 5.32 Å². The van der Waals surface area contributed by atoms with Gasteiger partial charge in [-0.2, -0.15) is 0 Å². The first kappa shape index (κ1) is 13.4. The number of ether oxygens (including phenoxy) is 2. The quantitative estimate of drug-likeness (QED) is 0.523. The molecule has 0 spiro atoms. The molecule has 0 saturated carbocycles. The summed E-state index contributed by atoms with van der Waals surface area (Å²) in [5.41, 5.74) is 4.47. The van der Waals surface area contributed by atoms with Crippen LogP contribution in [0, 0.1) is 0 Å². The zero-order valence-electron chi connectivity index (χ0n) is 9.13. The van der Waals surface area contributed by atoms with Gasteiger partial charge in [0.15, 0.2) is 0 Å². The van der Waals surface area contributed by atoms with E-state index < -0.39 is 11.4 Å². The van der Waals surface area contributed by atoms with Crippen molar-refractivity contribution in [1.82, 2.24) is 5.32 Å². The monoisotopic (exact) mass is 204 g/mol. The summed E-state index contributed by atoms with van der Waals surface area (Å²) < 4.78 is 10.1. The molecule has 0 bridgehead atoms. The number of carbonyl (C=O) groups is 1. The molecule has 5 heteroatoms. The minimum Gasteiger partial charge on any atom is -0.382 e. The average Bonchev–Trinajstić information content (AvgIpc) is 2.13. The molecule has 0 aliphatic carbocycles. The van der Waals surface area contributed by atoms with Gasteiger partial charge in [0.05, 0.1) is 19.8 Å². The molecule has 1 atom stereocenters. The Kier molecular flexibility index (Phi) is 6.44. The lowest BCUT2D eigenvalue weighted by atomic mass is 10.0. The van der Waals surface area contributed by atoms with Crippen molar-refractivity contribution in [3.8, 4) is 0 Å². The van der Waals surface area contributed by atoms with E-state index in [1.807, 2.05) is 6.92 Å². The highest BCUT2D eigenvalue weighted by Crippen LogP contribution is 2.03. The van der Waals surface area contributed by atoms with E-state index in [0.717, 1.165) is 0 Å². The first-order valence-corrected chi connectivity index (χ1v) is 4.68. The smallest absolute Gasteiger partial charge is 0.239 e. The van der Waals surface area contributed by atoms with Crippen molar-refractivity contribution in [3.05, 3.63) is 0 Å². The number of primary amides is 1. The molecular weight excluding hydrogens is 184 g/mol. The molecule has 0 saturated heterocycles. The van der Waals surface area contributed by atoms with Crippen LogP contribution in [0.1, 0.15) is 13.8 Å². The van der Waals surface area contributed by atoms with Crippen molar-refractivity contribution >= 4 is 5.91 Å². The van der Waals surface area contributed by atoms with Crippen LogP contribution in [0.5, 0.6) is 0 Å². The van der Waals surface area contributed by atoms with Gasteiger partial charge in [0.25, 0.3) is 0 Å². The van der Waals surface area contributed by atoms with E-state index in [1.165, 1.54) is 0 Å². The van der Waals surface area contributed by atoms with Gasteiger partial charge in [-0.3, -0.25) is 4.79 Å². The summed E-state index contributed by atoms with van der Waals surface area (Å²) in [5, 5.41) is 2.99. The molecule has 0 aromatic carbocycles. The summed E-state index contributed by atoms with van der Waals surface area (Å²) in [7, 11) is 1.60. The van der Waals surface area contributed by atoms with Gasteiger partial charge in [-0.25, -0.2) is 0 Å². The van der Waals surface area contributed by atoms with Crippen LogP contribution < -0.4 is 11.1 Å². The Morgan fingerprint density at radius 3 is 2.57 bits per heavy atom. The third-order valence-electron chi connectivity index (χ3n) is 1.93. The standard InChI is InChI=1S/C9H20N2O3/c1-4-11-9(2,8(10)12)7-14-6-5-13-3/h11H,4-7H2,1-3H3,(H2,10,12). The summed E-state index contributed by atoms with van der Waals surface area (Å²) in [6.07, 6.45) is 0. The van der Waals surface area contributed by atoms with Crippen molar-refractivity contribution in [2.75, 3.05) is 33.5 Å². The van der Waals surface area contributed by atoms with Crippen LogP contribution in [0.3, 0.4) is 0 Å². The van der Waals surface area contributed by atoms with Gasteiger partial charge in [0.1, 0.15) is 5.54 Å². The Bertz CT molecular complexity index is 175. The molecule has 3 N–H and O–H groups in total. The van der Waals surface area contributed by atoms with Crippen molar-refractivity contribution in [2.45, 2.75) is 19.4 Å². The van der Waals surface area contributed by atoms with Gasteiger partial charge in [-0.1, -0.05) is 6.92 Å². The van der Waals surface area contributed by atoms with E-state index >= 15 is 0 Å². The van der Waals surface area contributed by atoms with Crippen LogP contribution in [0.15, 0.2) is 0 Å². The first-order chi connectivity index (χ1) is 6.56. The number of nitrogens with one attached hydrogen (secondary N) is 1. The predicted molar refractivity (Wildman–Crippen MR) is 54.0 cm³/mol. The lowest BCUT2D eigenvalue weighted by Crippen LogP contribution is -2.56. The van der Waals surface area contributed by atoms with Gasteiger partial charge in [0, 0.05) is 7.11 Å². The van der Waals surface area contributed by atoms with Gasteiger partial charge in [0.2, 0.25) is 5.91 Å². The normalized spacial score (nSPS) is 15.1. The fourth-order valence-electron chi connectivity index (χ4n) is 1.02. The Morgan fingerprint density at radius 1 is 1.50 bits per heavy atom. The molecular formula is C9H20N2O3. The van der Waals surface area contributed by atoms with Gasteiger partial charge in [-0.05, 0) is 13.5 Å². The third-order valence-corrected chi connectivity index (χ3v) is 1.93. The molecule has 14 heavy (non-hydrogen) atoms. The number of rotatable bonds is 8. The molecule has 84 valence electrons. The van der Waals surface area contributed by atoms with Crippen LogP contribution in [-0.2, 0) is 14.3 Å².